The Bertz CT molecular complexity index is 152. The first kappa shape index (κ1) is 14.3. The Labute approximate surface area is 90.1 Å². The molecule has 0 unspecified atom stereocenters. The molecular weight excluding hydrogens is 198 g/mol. The molecule has 0 radical (unpaired) electrons. The van der Waals surface area contributed by atoms with Gasteiger partial charge in [-0.25, -0.2) is 0 Å². The number of aliphatic hydroxyl groups excluding tert-OH is 3. The Balaban J connectivity index is 0.000000280. The van der Waals surface area contributed by atoms with E-state index < -0.39 is 0 Å². The molecule has 0 aromatic carbocycles. The van der Waals surface area contributed by atoms with Crippen LogP contribution in [0.5, 0.6) is 0 Å². The molecule has 1 saturated heterocycles. The largest absolute Gasteiger partial charge is 0.396 e. The molecule has 0 spiro atoms. The predicted octanol–water partition coefficient (Wildman–Crippen LogP) is -0.744. The first-order valence-corrected chi connectivity index (χ1v) is 5.33. The number of carbonyl (C=O) groups excluding carboxylic acids is 1. The molecule has 1 amide bonds. The van der Waals surface area contributed by atoms with Gasteiger partial charge in [0.1, 0.15) is 0 Å². The van der Waals surface area contributed by atoms with Crippen molar-refractivity contribution in [3.05, 3.63) is 0 Å². The summed E-state index contributed by atoms with van der Waals surface area (Å²) in [6.45, 7) is 1.04. The van der Waals surface area contributed by atoms with Crippen LogP contribution < -0.4 is 5.32 Å². The van der Waals surface area contributed by atoms with Crippen molar-refractivity contribution in [1.29, 1.82) is 0 Å². The zero-order valence-electron chi connectivity index (χ0n) is 8.98. The van der Waals surface area contributed by atoms with E-state index in [9.17, 15) is 4.79 Å². The molecule has 5 nitrogen and oxygen atoms in total. The summed E-state index contributed by atoms with van der Waals surface area (Å²) in [6.07, 6.45) is 3.12. The highest BCUT2D eigenvalue weighted by Crippen LogP contribution is 2.02. The summed E-state index contributed by atoms with van der Waals surface area (Å²) in [5.74, 6) is 0.159. The van der Waals surface area contributed by atoms with Gasteiger partial charge in [0.05, 0.1) is 0 Å². The van der Waals surface area contributed by atoms with Gasteiger partial charge in [-0.3, -0.25) is 4.79 Å². The van der Waals surface area contributed by atoms with Crippen LogP contribution in [0.3, 0.4) is 0 Å². The Morgan fingerprint density at radius 3 is 2.20 bits per heavy atom. The SMILES string of the molecule is O=C1CCCN1.OCCCC(CO)CO. The molecule has 1 aliphatic heterocycles. The number of hydrogen-bond acceptors (Lipinski definition) is 4. The second-order valence-electron chi connectivity index (χ2n) is 3.55. The predicted molar refractivity (Wildman–Crippen MR) is 56.2 cm³/mol. The zero-order valence-corrected chi connectivity index (χ0v) is 8.98. The van der Waals surface area contributed by atoms with Crippen LogP contribution in [-0.4, -0.2) is 47.6 Å². The molecule has 0 atom stereocenters. The molecule has 90 valence electrons. The van der Waals surface area contributed by atoms with Crippen molar-refractivity contribution in [1.82, 2.24) is 5.32 Å². The van der Waals surface area contributed by atoms with Crippen molar-refractivity contribution >= 4 is 5.91 Å². The number of amides is 1. The van der Waals surface area contributed by atoms with E-state index in [1.54, 1.807) is 0 Å². The second kappa shape index (κ2) is 9.89. The van der Waals surface area contributed by atoms with Crippen molar-refractivity contribution in [2.24, 2.45) is 5.92 Å². The highest BCUT2D eigenvalue weighted by atomic mass is 16.3. The van der Waals surface area contributed by atoms with E-state index in [4.69, 9.17) is 15.3 Å². The summed E-state index contributed by atoms with van der Waals surface area (Å²) in [7, 11) is 0. The van der Waals surface area contributed by atoms with Crippen LogP contribution in [0.2, 0.25) is 0 Å². The monoisotopic (exact) mass is 219 g/mol. The molecule has 0 aromatic heterocycles. The van der Waals surface area contributed by atoms with E-state index in [-0.39, 0.29) is 31.6 Å². The van der Waals surface area contributed by atoms with E-state index >= 15 is 0 Å². The van der Waals surface area contributed by atoms with Gasteiger partial charge in [0.25, 0.3) is 0 Å². The number of rotatable bonds is 5. The van der Waals surface area contributed by atoms with Gasteiger partial charge in [0.2, 0.25) is 5.91 Å². The maximum Gasteiger partial charge on any atom is 0.220 e. The van der Waals surface area contributed by atoms with Crippen molar-refractivity contribution in [2.45, 2.75) is 25.7 Å². The van der Waals surface area contributed by atoms with Crippen LogP contribution in [0.15, 0.2) is 0 Å². The van der Waals surface area contributed by atoms with Gasteiger partial charge in [0, 0.05) is 38.7 Å². The van der Waals surface area contributed by atoms with Gasteiger partial charge in [0.15, 0.2) is 0 Å². The van der Waals surface area contributed by atoms with Gasteiger partial charge < -0.3 is 20.6 Å². The van der Waals surface area contributed by atoms with Crippen molar-refractivity contribution in [2.75, 3.05) is 26.4 Å². The van der Waals surface area contributed by atoms with Gasteiger partial charge in [-0.15, -0.1) is 0 Å². The van der Waals surface area contributed by atoms with Crippen LogP contribution in [0, 0.1) is 5.92 Å². The summed E-state index contributed by atoms with van der Waals surface area (Å²) in [5, 5.41) is 28.0. The Morgan fingerprint density at radius 1 is 1.27 bits per heavy atom. The van der Waals surface area contributed by atoms with Crippen molar-refractivity contribution < 1.29 is 20.1 Å². The summed E-state index contributed by atoms with van der Waals surface area (Å²) < 4.78 is 0. The van der Waals surface area contributed by atoms with E-state index in [0.717, 1.165) is 19.4 Å². The third kappa shape index (κ3) is 8.35. The standard InChI is InChI=1S/C6H14O3.C4H7NO/c7-3-1-2-6(4-8)5-9;6-4-2-1-3-5-4/h6-9H,1-5H2;1-3H2,(H,5,6). The number of hydrogen-bond donors (Lipinski definition) is 4. The molecule has 5 heteroatoms. The molecule has 0 aliphatic carbocycles. The first-order chi connectivity index (χ1) is 7.24. The minimum absolute atomic E-state index is 0.0104. The summed E-state index contributed by atoms with van der Waals surface area (Å²) >= 11 is 0. The Hall–Kier alpha value is -0.650. The number of aliphatic hydroxyl groups is 3. The summed E-state index contributed by atoms with van der Waals surface area (Å²) in [4.78, 5) is 10.1. The van der Waals surface area contributed by atoms with Crippen molar-refractivity contribution in [3.8, 4) is 0 Å². The van der Waals surface area contributed by atoms with E-state index in [1.807, 2.05) is 0 Å². The fraction of sp³-hybridized carbons (Fsp3) is 0.900. The molecule has 4 N–H and O–H groups in total. The maximum absolute atomic E-state index is 10.1. The molecule has 0 saturated carbocycles. The van der Waals surface area contributed by atoms with E-state index in [1.165, 1.54) is 0 Å². The molecule has 0 aromatic rings. The molecule has 1 rings (SSSR count). The van der Waals surface area contributed by atoms with Gasteiger partial charge in [-0.1, -0.05) is 0 Å². The fourth-order valence-corrected chi connectivity index (χ4v) is 1.19. The van der Waals surface area contributed by atoms with Crippen LogP contribution in [0.1, 0.15) is 25.7 Å². The molecule has 1 aliphatic rings. The third-order valence-corrected chi connectivity index (χ3v) is 2.19. The lowest BCUT2D eigenvalue weighted by Gasteiger charge is -2.07. The minimum Gasteiger partial charge on any atom is -0.396 e. The van der Waals surface area contributed by atoms with Crippen LogP contribution >= 0.6 is 0 Å². The van der Waals surface area contributed by atoms with E-state index in [0.29, 0.717) is 12.8 Å². The topological polar surface area (TPSA) is 89.8 Å². The quantitative estimate of drug-likeness (QED) is 0.490. The minimum atomic E-state index is -0.0443. The molecule has 1 fully saturated rings. The molecule has 1 heterocycles. The first-order valence-electron chi connectivity index (χ1n) is 5.33. The fourth-order valence-electron chi connectivity index (χ4n) is 1.19. The van der Waals surface area contributed by atoms with Crippen LogP contribution in [0.4, 0.5) is 0 Å². The lowest BCUT2D eigenvalue weighted by molar-refractivity contribution is -0.119. The number of nitrogens with one attached hydrogen (secondary N) is 1. The van der Waals surface area contributed by atoms with E-state index in [2.05, 4.69) is 5.32 Å². The number of carbonyl (C=O) groups is 1. The second-order valence-corrected chi connectivity index (χ2v) is 3.55. The normalized spacial score (nSPS) is 14.8. The molecular formula is C10H21NO4. The summed E-state index contributed by atoms with van der Waals surface area (Å²) in [5.41, 5.74) is 0. The average molecular weight is 219 g/mol. The lowest BCUT2D eigenvalue weighted by Crippen LogP contribution is -2.12. The van der Waals surface area contributed by atoms with Crippen LogP contribution in [-0.2, 0) is 4.79 Å². The average Bonchev–Trinajstić information content (AvgIpc) is 2.72. The third-order valence-electron chi connectivity index (χ3n) is 2.19. The molecule has 0 bridgehead atoms. The van der Waals surface area contributed by atoms with Crippen LogP contribution in [0.25, 0.3) is 0 Å². The zero-order chi connectivity index (χ0) is 11.5. The Kier molecular flexibility index (Phi) is 9.46. The Morgan fingerprint density at radius 2 is 1.93 bits per heavy atom. The highest BCUT2D eigenvalue weighted by molar-refractivity contribution is 5.77. The van der Waals surface area contributed by atoms with Gasteiger partial charge in [-0.05, 0) is 19.3 Å². The summed E-state index contributed by atoms with van der Waals surface area (Å²) in [6, 6.07) is 0. The maximum atomic E-state index is 10.1. The van der Waals surface area contributed by atoms with Gasteiger partial charge in [-0.2, -0.15) is 0 Å². The smallest absolute Gasteiger partial charge is 0.220 e. The molecule has 15 heavy (non-hydrogen) atoms. The highest BCUT2D eigenvalue weighted by Gasteiger charge is 2.05. The van der Waals surface area contributed by atoms with Crippen molar-refractivity contribution in [3.63, 3.8) is 0 Å². The van der Waals surface area contributed by atoms with Gasteiger partial charge >= 0.3 is 0 Å². The lowest BCUT2D eigenvalue weighted by atomic mass is 10.1.